The van der Waals surface area contributed by atoms with E-state index in [1.807, 2.05) is 45.0 Å². The average Bonchev–Trinajstić information content (AvgIpc) is 3.02. The molecule has 3 N–H and O–H groups in total. The van der Waals surface area contributed by atoms with Gasteiger partial charge < -0.3 is 25.4 Å². The minimum Gasteiger partial charge on any atom is -0.491 e. The highest BCUT2D eigenvalue weighted by Gasteiger charge is 2.20. The zero-order valence-electron chi connectivity index (χ0n) is 16.9. The zero-order valence-corrected chi connectivity index (χ0v) is 19.3. The number of rotatable bonds is 8. The third-order valence-corrected chi connectivity index (χ3v) is 4.58. The average molecular weight is 490 g/mol. The summed E-state index contributed by atoms with van der Waals surface area (Å²) in [5.41, 5.74) is 0.844. The van der Waals surface area contributed by atoms with E-state index in [9.17, 15) is 5.11 Å². The number of ether oxygens (including phenoxy) is 1. The van der Waals surface area contributed by atoms with Crippen LogP contribution in [0.25, 0.3) is 0 Å². The molecule has 0 aromatic heterocycles. The molecule has 6 nitrogen and oxygen atoms in total. The Morgan fingerprint density at radius 2 is 2.00 bits per heavy atom. The van der Waals surface area contributed by atoms with E-state index in [0.29, 0.717) is 12.6 Å². The van der Waals surface area contributed by atoms with Gasteiger partial charge in [-0.1, -0.05) is 12.1 Å². The van der Waals surface area contributed by atoms with Gasteiger partial charge in [0.1, 0.15) is 5.75 Å². The van der Waals surface area contributed by atoms with Gasteiger partial charge in [-0.2, -0.15) is 0 Å². The van der Waals surface area contributed by atoms with E-state index in [1.54, 1.807) is 0 Å². The topological polar surface area (TPSA) is 69.1 Å². The van der Waals surface area contributed by atoms with Crippen LogP contribution in [0.2, 0.25) is 0 Å². The van der Waals surface area contributed by atoms with E-state index in [1.165, 1.54) is 12.8 Å². The van der Waals surface area contributed by atoms with Crippen LogP contribution >= 0.6 is 24.0 Å². The summed E-state index contributed by atoms with van der Waals surface area (Å²) in [4.78, 5) is 6.92. The van der Waals surface area contributed by atoms with E-state index in [-0.39, 0.29) is 30.1 Å². The molecule has 7 heteroatoms. The van der Waals surface area contributed by atoms with Crippen LogP contribution in [0.5, 0.6) is 5.75 Å². The fourth-order valence-electron chi connectivity index (χ4n) is 3.12. The maximum absolute atomic E-state index is 10.4. The Morgan fingerprint density at radius 3 is 2.56 bits per heavy atom. The highest BCUT2D eigenvalue weighted by atomic mass is 127. The number of likely N-dealkylation sites (tertiary alicyclic amines) is 1. The van der Waals surface area contributed by atoms with Gasteiger partial charge in [0.25, 0.3) is 0 Å². The van der Waals surface area contributed by atoms with Crippen LogP contribution in [0.3, 0.4) is 0 Å². The van der Waals surface area contributed by atoms with Crippen LogP contribution in [0, 0.1) is 0 Å². The van der Waals surface area contributed by atoms with Gasteiger partial charge in [-0.05, 0) is 64.9 Å². The van der Waals surface area contributed by atoms with Gasteiger partial charge in [0.15, 0.2) is 5.96 Å². The predicted molar refractivity (Wildman–Crippen MR) is 122 cm³/mol. The maximum Gasteiger partial charge on any atom is 0.191 e. The number of hydrogen-bond donors (Lipinski definition) is 3. The second-order valence-electron chi connectivity index (χ2n) is 7.13. The zero-order chi connectivity index (χ0) is 18.9. The summed E-state index contributed by atoms with van der Waals surface area (Å²) in [5, 5.41) is 17.1. The first-order valence-electron chi connectivity index (χ1n) is 9.66. The van der Waals surface area contributed by atoms with E-state index in [0.717, 1.165) is 36.9 Å². The Bertz CT molecular complexity index is 566. The summed E-state index contributed by atoms with van der Waals surface area (Å²) in [6.45, 7) is 9.19. The summed E-state index contributed by atoms with van der Waals surface area (Å²) in [7, 11) is 2.17. The molecule has 1 aromatic rings. The normalized spacial score (nSPS) is 18.9. The molecule has 0 saturated carbocycles. The number of hydrogen-bond acceptors (Lipinski definition) is 4. The molecule has 2 unspecified atom stereocenters. The van der Waals surface area contributed by atoms with Crippen molar-refractivity contribution in [2.24, 2.45) is 4.99 Å². The molecule has 0 amide bonds. The smallest absolute Gasteiger partial charge is 0.191 e. The molecule has 1 aliphatic rings. The third-order valence-electron chi connectivity index (χ3n) is 4.58. The maximum atomic E-state index is 10.4. The number of likely N-dealkylation sites (N-methyl/N-ethyl adjacent to an activating group) is 1. The third kappa shape index (κ3) is 8.23. The van der Waals surface area contributed by atoms with Gasteiger partial charge in [-0.3, -0.25) is 4.99 Å². The van der Waals surface area contributed by atoms with Gasteiger partial charge in [0, 0.05) is 19.1 Å². The second-order valence-corrected chi connectivity index (χ2v) is 7.13. The number of aliphatic imine (C=N–C) groups is 1. The lowest BCUT2D eigenvalue weighted by molar-refractivity contribution is 0.186. The van der Waals surface area contributed by atoms with Crippen LogP contribution in [0.1, 0.15) is 45.3 Å². The number of guanidine groups is 1. The summed E-state index contributed by atoms with van der Waals surface area (Å²) < 4.78 is 5.64. The molecular weight excluding hydrogens is 455 g/mol. The standard InChI is InChI=1S/C20H34N4O2.HI/c1-5-21-20(22-13-17-7-6-12-24(17)4)23-14-19(25)16-8-10-18(11-9-16)26-15(2)3;/h8-11,15,17,19,25H,5-7,12-14H2,1-4H3,(H2,21,22,23);1H. The molecule has 1 aliphatic heterocycles. The Morgan fingerprint density at radius 1 is 1.30 bits per heavy atom. The Labute approximate surface area is 180 Å². The molecular formula is C20H35IN4O2. The summed E-state index contributed by atoms with van der Waals surface area (Å²) >= 11 is 0. The van der Waals surface area contributed by atoms with Gasteiger partial charge in [0.2, 0.25) is 0 Å². The van der Waals surface area contributed by atoms with Crippen molar-refractivity contribution in [3.8, 4) is 5.75 Å². The molecule has 0 aliphatic carbocycles. The Kier molecular flexibility index (Phi) is 11.0. The number of nitrogens with zero attached hydrogens (tertiary/aromatic N) is 2. The van der Waals surface area contributed by atoms with Gasteiger partial charge in [-0.25, -0.2) is 0 Å². The van der Waals surface area contributed by atoms with Crippen LogP contribution in [-0.2, 0) is 0 Å². The lowest BCUT2D eigenvalue weighted by Gasteiger charge is -2.21. The highest BCUT2D eigenvalue weighted by Crippen LogP contribution is 2.19. The van der Waals surface area contributed by atoms with Crippen molar-refractivity contribution in [2.45, 2.75) is 51.9 Å². The van der Waals surface area contributed by atoms with E-state index >= 15 is 0 Å². The van der Waals surface area contributed by atoms with Crippen LogP contribution < -0.4 is 15.4 Å². The molecule has 2 rings (SSSR count). The predicted octanol–water partition coefficient (Wildman–Crippen LogP) is 2.77. The van der Waals surface area contributed by atoms with Gasteiger partial charge in [0.05, 0.1) is 18.8 Å². The Hall–Kier alpha value is -1.06. The van der Waals surface area contributed by atoms with Crippen molar-refractivity contribution in [3.05, 3.63) is 29.8 Å². The van der Waals surface area contributed by atoms with Crippen molar-refractivity contribution >= 4 is 29.9 Å². The lowest BCUT2D eigenvalue weighted by Crippen LogP contribution is -2.44. The molecule has 1 aromatic carbocycles. The molecule has 1 saturated heterocycles. The number of nitrogens with one attached hydrogen (secondary N) is 2. The van der Waals surface area contributed by atoms with Crippen LogP contribution in [0.15, 0.2) is 29.3 Å². The summed E-state index contributed by atoms with van der Waals surface area (Å²) in [6, 6.07) is 8.12. The molecule has 154 valence electrons. The fourth-order valence-corrected chi connectivity index (χ4v) is 3.12. The van der Waals surface area contributed by atoms with Crippen molar-refractivity contribution < 1.29 is 9.84 Å². The SMILES string of the molecule is CCNC(=NCC(O)c1ccc(OC(C)C)cc1)NCC1CCCN1C.I. The van der Waals surface area contributed by atoms with Crippen molar-refractivity contribution in [1.82, 2.24) is 15.5 Å². The van der Waals surface area contributed by atoms with Crippen molar-refractivity contribution in [3.63, 3.8) is 0 Å². The first kappa shape index (κ1) is 24.0. The van der Waals surface area contributed by atoms with Gasteiger partial charge >= 0.3 is 0 Å². The summed E-state index contributed by atoms with van der Waals surface area (Å²) in [6.07, 6.45) is 1.98. The quantitative estimate of drug-likeness (QED) is 0.297. The van der Waals surface area contributed by atoms with E-state index in [2.05, 4.69) is 27.6 Å². The fraction of sp³-hybridized carbons (Fsp3) is 0.650. The minimum absolute atomic E-state index is 0. The number of benzene rings is 1. The summed E-state index contributed by atoms with van der Waals surface area (Å²) in [5.74, 6) is 1.57. The first-order valence-corrected chi connectivity index (χ1v) is 9.66. The lowest BCUT2D eigenvalue weighted by atomic mass is 10.1. The highest BCUT2D eigenvalue weighted by molar-refractivity contribution is 14.0. The number of aliphatic hydroxyl groups excluding tert-OH is 1. The van der Waals surface area contributed by atoms with Gasteiger partial charge in [-0.15, -0.1) is 24.0 Å². The van der Waals surface area contributed by atoms with Crippen molar-refractivity contribution in [2.75, 3.05) is 33.2 Å². The largest absolute Gasteiger partial charge is 0.491 e. The molecule has 2 atom stereocenters. The van der Waals surface area contributed by atoms with E-state index in [4.69, 9.17) is 4.74 Å². The molecule has 0 radical (unpaired) electrons. The second kappa shape index (κ2) is 12.4. The first-order chi connectivity index (χ1) is 12.5. The molecule has 1 heterocycles. The van der Waals surface area contributed by atoms with E-state index < -0.39 is 6.10 Å². The van der Waals surface area contributed by atoms with Crippen LogP contribution in [-0.4, -0.2) is 61.3 Å². The minimum atomic E-state index is -0.632. The number of halogens is 1. The van der Waals surface area contributed by atoms with Crippen LogP contribution in [0.4, 0.5) is 0 Å². The molecule has 0 bridgehead atoms. The molecule has 0 spiro atoms. The molecule has 1 fully saturated rings. The monoisotopic (exact) mass is 490 g/mol. The van der Waals surface area contributed by atoms with Crippen molar-refractivity contribution in [1.29, 1.82) is 0 Å². The number of aliphatic hydroxyl groups is 1. The molecule has 27 heavy (non-hydrogen) atoms. The Balaban J connectivity index is 0.00000364.